The molecule has 1 aromatic rings. The van der Waals surface area contributed by atoms with E-state index in [1.807, 2.05) is 0 Å². The highest BCUT2D eigenvalue weighted by atomic mass is 32.2. The van der Waals surface area contributed by atoms with Crippen molar-refractivity contribution in [2.24, 2.45) is 5.41 Å². The van der Waals surface area contributed by atoms with Crippen LogP contribution in [0.1, 0.15) is 19.3 Å². The number of rotatable bonds is 8. The number of carbonyl (C=O) groups excluding carboxylic acids is 1. The van der Waals surface area contributed by atoms with E-state index in [2.05, 4.69) is 10.6 Å². The summed E-state index contributed by atoms with van der Waals surface area (Å²) in [6.07, 6.45) is 2.40. The maximum atomic E-state index is 13.5. The third-order valence-electron chi connectivity index (χ3n) is 4.20. The Balaban J connectivity index is 1.72. The van der Waals surface area contributed by atoms with Gasteiger partial charge < -0.3 is 15.4 Å². The van der Waals surface area contributed by atoms with Crippen LogP contribution in [0, 0.1) is 11.2 Å². The minimum atomic E-state index is -0.230. The number of piperidine rings is 1. The molecule has 1 aromatic carbocycles. The minimum Gasteiger partial charge on any atom is -0.384 e. The van der Waals surface area contributed by atoms with E-state index < -0.39 is 0 Å². The van der Waals surface area contributed by atoms with Crippen LogP contribution in [0.2, 0.25) is 0 Å². The van der Waals surface area contributed by atoms with Gasteiger partial charge in [-0.25, -0.2) is 4.39 Å². The molecule has 1 aliphatic heterocycles. The predicted molar refractivity (Wildman–Crippen MR) is 91.2 cm³/mol. The average Bonchev–Trinajstić information content (AvgIpc) is 2.56. The summed E-state index contributed by atoms with van der Waals surface area (Å²) in [7, 11) is 1.71. The van der Waals surface area contributed by atoms with E-state index in [4.69, 9.17) is 4.74 Å². The number of hydrogen-bond acceptors (Lipinski definition) is 4. The van der Waals surface area contributed by atoms with E-state index in [0.717, 1.165) is 25.9 Å². The first-order valence-corrected chi connectivity index (χ1v) is 8.97. The van der Waals surface area contributed by atoms with Crippen LogP contribution >= 0.6 is 11.8 Å². The van der Waals surface area contributed by atoms with Gasteiger partial charge in [-0.3, -0.25) is 4.79 Å². The molecule has 1 aliphatic rings. The molecule has 6 heteroatoms. The van der Waals surface area contributed by atoms with Crippen LogP contribution in [0.25, 0.3) is 0 Å². The van der Waals surface area contributed by atoms with Crippen molar-refractivity contribution in [1.82, 2.24) is 10.6 Å². The molecule has 2 rings (SSSR count). The number of ether oxygens (including phenoxy) is 1. The number of carbonyl (C=O) groups is 1. The van der Waals surface area contributed by atoms with Gasteiger partial charge in [0.1, 0.15) is 5.82 Å². The maximum Gasteiger partial charge on any atom is 0.220 e. The highest BCUT2D eigenvalue weighted by Gasteiger charge is 2.32. The fourth-order valence-corrected chi connectivity index (χ4v) is 3.71. The van der Waals surface area contributed by atoms with Gasteiger partial charge >= 0.3 is 0 Å². The molecule has 1 heterocycles. The van der Waals surface area contributed by atoms with Crippen LogP contribution in [0.5, 0.6) is 0 Å². The molecular weight excluding hydrogens is 315 g/mol. The van der Waals surface area contributed by atoms with E-state index in [9.17, 15) is 9.18 Å². The summed E-state index contributed by atoms with van der Waals surface area (Å²) >= 11 is 1.38. The lowest BCUT2D eigenvalue weighted by atomic mass is 9.79. The molecule has 0 radical (unpaired) electrons. The Kier molecular flexibility index (Phi) is 7.33. The molecule has 0 bridgehead atoms. The number of methoxy groups -OCH3 is 1. The van der Waals surface area contributed by atoms with E-state index >= 15 is 0 Å². The van der Waals surface area contributed by atoms with Crippen molar-refractivity contribution in [1.29, 1.82) is 0 Å². The number of hydrogen-bond donors (Lipinski definition) is 2. The summed E-state index contributed by atoms with van der Waals surface area (Å²) in [4.78, 5) is 12.6. The van der Waals surface area contributed by atoms with Crippen LogP contribution in [-0.4, -0.2) is 45.0 Å². The Morgan fingerprint density at radius 1 is 1.39 bits per heavy atom. The van der Waals surface area contributed by atoms with Crippen molar-refractivity contribution in [3.63, 3.8) is 0 Å². The summed E-state index contributed by atoms with van der Waals surface area (Å²) < 4.78 is 18.8. The van der Waals surface area contributed by atoms with Gasteiger partial charge in [-0.1, -0.05) is 12.1 Å². The molecule has 0 atom stereocenters. The highest BCUT2D eigenvalue weighted by Crippen LogP contribution is 2.28. The molecule has 1 fully saturated rings. The lowest BCUT2D eigenvalue weighted by Crippen LogP contribution is -2.47. The molecule has 0 aliphatic carbocycles. The Morgan fingerprint density at radius 3 is 2.83 bits per heavy atom. The lowest BCUT2D eigenvalue weighted by Gasteiger charge is -2.37. The fraction of sp³-hybridized carbons (Fsp3) is 0.588. The van der Waals surface area contributed by atoms with Gasteiger partial charge in [0.2, 0.25) is 5.91 Å². The first-order valence-electron chi connectivity index (χ1n) is 7.99. The van der Waals surface area contributed by atoms with E-state index in [-0.39, 0.29) is 17.1 Å². The molecular formula is C17H25FN2O2S. The predicted octanol–water partition coefficient (Wildman–Crippen LogP) is 2.44. The molecule has 1 amide bonds. The molecule has 0 saturated carbocycles. The molecule has 2 N–H and O–H groups in total. The van der Waals surface area contributed by atoms with Gasteiger partial charge in [-0.15, -0.1) is 11.8 Å². The van der Waals surface area contributed by atoms with Crippen molar-refractivity contribution >= 4 is 17.7 Å². The van der Waals surface area contributed by atoms with Crippen LogP contribution in [0.15, 0.2) is 29.2 Å². The van der Waals surface area contributed by atoms with E-state index in [1.165, 1.54) is 17.8 Å². The molecule has 0 aromatic heterocycles. The van der Waals surface area contributed by atoms with Crippen molar-refractivity contribution < 1.29 is 13.9 Å². The number of halogens is 1. The van der Waals surface area contributed by atoms with Crippen molar-refractivity contribution in [2.75, 3.05) is 39.1 Å². The number of amides is 1. The van der Waals surface area contributed by atoms with Crippen LogP contribution in [-0.2, 0) is 9.53 Å². The molecule has 0 spiro atoms. The largest absolute Gasteiger partial charge is 0.384 e. The van der Waals surface area contributed by atoms with Gasteiger partial charge in [0.05, 0.1) is 6.61 Å². The number of benzene rings is 1. The van der Waals surface area contributed by atoms with E-state index in [1.54, 1.807) is 25.3 Å². The quantitative estimate of drug-likeness (QED) is 0.714. The topological polar surface area (TPSA) is 50.4 Å². The zero-order chi connectivity index (χ0) is 16.5. The summed E-state index contributed by atoms with van der Waals surface area (Å²) in [5.41, 5.74) is 0.0361. The van der Waals surface area contributed by atoms with Gasteiger partial charge in [-0.2, -0.15) is 0 Å². The van der Waals surface area contributed by atoms with Crippen LogP contribution in [0.3, 0.4) is 0 Å². The fourth-order valence-electron chi connectivity index (χ4n) is 2.83. The SMILES string of the molecule is COCC1(CNC(=O)CCSc2ccccc2F)CCNCC1. The molecule has 128 valence electrons. The molecule has 4 nitrogen and oxygen atoms in total. The smallest absolute Gasteiger partial charge is 0.220 e. The monoisotopic (exact) mass is 340 g/mol. The summed E-state index contributed by atoms with van der Waals surface area (Å²) in [6, 6.07) is 6.64. The number of thioether (sulfide) groups is 1. The van der Waals surface area contributed by atoms with Crippen molar-refractivity contribution in [2.45, 2.75) is 24.2 Å². The average molecular weight is 340 g/mol. The number of nitrogens with one attached hydrogen (secondary N) is 2. The maximum absolute atomic E-state index is 13.5. The van der Waals surface area contributed by atoms with Crippen molar-refractivity contribution in [3.8, 4) is 0 Å². The second kappa shape index (κ2) is 9.25. The standard InChI is InChI=1S/C17H25FN2O2S/c1-22-13-17(7-9-19-10-8-17)12-20-16(21)6-11-23-15-5-3-2-4-14(15)18/h2-5,19H,6-13H2,1H3,(H,20,21). The zero-order valence-corrected chi connectivity index (χ0v) is 14.4. The van der Waals surface area contributed by atoms with Gasteiger partial charge in [0.15, 0.2) is 0 Å². The second-order valence-corrected chi connectivity index (χ2v) is 7.13. The Hall–Kier alpha value is -1.11. The summed E-state index contributed by atoms with van der Waals surface area (Å²) in [5.74, 6) is 0.362. The lowest BCUT2D eigenvalue weighted by molar-refractivity contribution is -0.121. The van der Waals surface area contributed by atoms with Crippen LogP contribution < -0.4 is 10.6 Å². The molecule has 23 heavy (non-hydrogen) atoms. The van der Waals surface area contributed by atoms with Gasteiger partial charge in [0.25, 0.3) is 0 Å². The van der Waals surface area contributed by atoms with E-state index in [0.29, 0.717) is 30.2 Å². The second-order valence-electron chi connectivity index (χ2n) is 5.99. The Bertz CT molecular complexity index is 502. The third-order valence-corrected chi connectivity index (χ3v) is 5.25. The summed E-state index contributed by atoms with van der Waals surface area (Å²) in [6.45, 7) is 3.23. The molecule has 1 saturated heterocycles. The van der Waals surface area contributed by atoms with Crippen molar-refractivity contribution in [3.05, 3.63) is 30.1 Å². The minimum absolute atomic E-state index is 0.0165. The Morgan fingerprint density at radius 2 is 2.13 bits per heavy atom. The third kappa shape index (κ3) is 5.79. The molecule has 0 unspecified atom stereocenters. The zero-order valence-electron chi connectivity index (χ0n) is 13.6. The summed E-state index contributed by atoms with van der Waals surface area (Å²) in [5, 5.41) is 6.36. The Labute approximate surface area is 141 Å². The first-order chi connectivity index (χ1) is 11.2. The first kappa shape index (κ1) is 18.2. The van der Waals surface area contributed by atoms with Gasteiger partial charge in [-0.05, 0) is 38.1 Å². The normalized spacial score (nSPS) is 17.0. The highest BCUT2D eigenvalue weighted by molar-refractivity contribution is 7.99. The van der Waals surface area contributed by atoms with Crippen LogP contribution in [0.4, 0.5) is 4.39 Å². The van der Waals surface area contributed by atoms with Gasteiger partial charge in [0, 0.05) is 36.1 Å².